The van der Waals surface area contributed by atoms with Gasteiger partial charge in [0.2, 0.25) is 5.91 Å². The lowest BCUT2D eigenvalue weighted by Crippen LogP contribution is -2.43. The molecule has 0 spiro atoms. The second kappa shape index (κ2) is 19.7. The third-order valence-corrected chi connectivity index (χ3v) is 12.3. The predicted octanol–water partition coefficient (Wildman–Crippen LogP) is 7.70. The first-order chi connectivity index (χ1) is 25.0. The van der Waals surface area contributed by atoms with Crippen molar-refractivity contribution >= 4 is 50.8 Å². The number of hydrogen-bond acceptors (Lipinski definition) is 8. The van der Waals surface area contributed by atoms with Gasteiger partial charge in [0.15, 0.2) is 16.4 Å². The number of hydrogen-bond donors (Lipinski definition) is 3. The van der Waals surface area contributed by atoms with Gasteiger partial charge < -0.3 is 25.4 Å². The Morgan fingerprint density at radius 1 is 0.904 bits per heavy atom. The van der Waals surface area contributed by atoms with E-state index in [9.17, 15) is 22.8 Å². The van der Waals surface area contributed by atoms with Crippen molar-refractivity contribution in [2.45, 2.75) is 93.9 Å². The monoisotopic (exact) mass is 751 g/mol. The Balaban J connectivity index is 1.68. The number of para-hydroxylation sites is 1. The van der Waals surface area contributed by atoms with E-state index < -0.39 is 52.2 Å². The zero-order valence-corrected chi connectivity index (χ0v) is 32.2. The fourth-order valence-electron chi connectivity index (χ4n) is 6.89. The molecular weight excluding hydrogens is 699 g/mol. The van der Waals surface area contributed by atoms with Crippen LogP contribution in [0.4, 0.5) is 11.4 Å². The van der Waals surface area contributed by atoms with Gasteiger partial charge in [0.25, 0.3) is 5.91 Å². The molecular formula is C40H53N3O7S2. The number of carbonyl (C=O) groups is 3. The maximum atomic E-state index is 14.6. The molecule has 0 bridgehead atoms. The zero-order valence-electron chi connectivity index (χ0n) is 30.6. The van der Waals surface area contributed by atoms with Gasteiger partial charge in [-0.05, 0) is 42.9 Å². The van der Waals surface area contributed by atoms with E-state index in [0.29, 0.717) is 22.7 Å². The van der Waals surface area contributed by atoms with Gasteiger partial charge in [0.1, 0.15) is 18.3 Å². The lowest BCUT2D eigenvalue weighted by Gasteiger charge is -2.37. The lowest BCUT2D eigenvalue weighted by molar-refractivity contribution is -0.138. The minimum atomic E-state index is -3.81. The molecule has 10 nitrogen and oxygen atoms in total. The van der Waals surface area contributed by atoms with E-state index in [0.717, 1.165) is 69.9 Å². The number of sulfone groups is 1. The van der Waals surface area contributed by atoms with Crippen LogP contribution in [0, 0.1) is 5.41 Å². The van der Waals surface area contributed by atoms with Gasteiger partial charge >= 0.3 is 5.97 Å². The van der Waals surface area contributed by atoms with Crippen LogP contribution < -0.4 is 20.3 Å². The highest BCUT2D eigenvalue weighted by Crippen LogP contribution is 2.48. The number of nitrogens with one attached hydrogen (secondary N) is 2. The predicted molar refractivity (Wildman–Crippen MR) is 207 cm³/mol. The van der Waals surface area contributed by atoms with Gasteiger partial charge in [-0.3, -0.25) is 14.4 Å². The molecule has 0 radical (unpaired) electrons. The number of carboxylic acid groups (broad SMARTS) is 1. The molecule has 3 aromatic carbocycles. The summed E-state index contributed by atoms with van der Waals surface area (Å²) in [5.74, 6) is -2.25. The molecule has 3 N–H and O–H groups in total. The fraction of sp³-hybridized carbons (Fsp3) is 0.475. The Morgan fingerprint density at radius 2 is 1.52 bits per heavy atom. The highest BCUT2D eigenvalue weighted by atomic mass is 32.2. The number of ether oxygens (including phenoxy) is 1. The molecule has 1 unspecified atom stereocenters. The maximum Gasteiger partial charge on any atom is 0.322 e. The standard InChI is InChI=1S/C40H53N3O7S2/c1-4-6-8-16-22-40(23-17-9-7-5-2)28-43(31-20-14-11-15-21-31)32-24-34(51-3)33(25-35(32)52(48,49)29-40)50-27-36(44)42-38(30-18-12-10-13-19-30)39(47)41-26-37(45)46/h10-15,18-21,24-25,38H,4-9,16-17,22-23,26-29H2,1-3H3,(H,41,47)(H,42,44)(H,45,46). The molecule has 0 fully saturated rings. The van der Waals surface area contributed by atoms with E-state index in [1.54, 1.807) is 36.4 Å². The summed E-state index contributed by atoms with van der Waals surface area (Å²) in [5, 5.41) is 14.0. The largest absolute Gasteiger partial charge is 0.483 e. The van der Waals surface area contributed by atoms with E-state index in [2.05, 4.69) is 29.4 Å². The molecule has 282 valence electrons. The Labute approximate surface area is 313 Å². The van der Waals surface area contributed by atoms with Crippen molar-refractivity contribution < 1.29 is 32.6 Å². The number of anilines is 2. The summed E-state index contributed by atoms with van der Waals surface area (Å²) in [7, 11) is -3.81. The summed E-state index contributed by atoms with van der Waals surface area (Å²) in [6.07, 6.45) is 12.0. The molecule has 3 aromatic rings. The minimum absolute atomic E-state index is 0.0251. The fourth-order valence-corrected chi connectivity index (χ4v) is 9.55. The summed E-state index contributed by atoms with van der Waals surface area (Å²) >= 11 is 1.39. The molecule has 2 amide bonds. The molecule has 0 aromatic heterocycles. The number of fused-ring (bicyclic) bond motifs is 1. The highest BCUT2D eigenvalue weighted by molar-refractivity contribution is 7.98. The molecule has 1 aliphatic heterocycles. The van der Waals surface area contributed by atoms with Crippen molar-refractivity contribution in [3.05, 3.63) is 78.4 Å². The van der Waals surface area contributed by atoms with E-state index in [-0.39, 0.29) is 16.4 Å². The van der Waals surface area contributed by atoms with Gasteiger partial charge in [-0.25, -0.2) is 8.42 Å². The number of nitrogens with zero attached hydrogens (tertiary/aromatic N) is 1. The van der Waals surface area contributed by atoms with Crippen LogP contribution in [0.3, 0.4) is 0 Å². The SMILES string of the molecule is CCCCCCC1(CCCCCC)CN(c2ccccc2)c2cc(SC)c(OCC(=O)NC(C(=O)NCC(=O)O)c3ccccc3)cc2S(=O)(=O)C1. The Bertz CT molecular complexity index is 1720. The first kappa shape index (κ1) is 40.7. The van der Waals surface area contributed by atoms with Crippen molar-refractivity contribution in [2.24, 2.45) is 5.41 Å². The average molecular weight is 752 g/mol. The number of rotatable bonds is 20. The summed E-state index contributed by atoms with van der Waals surface area (Å²) in [6, 6.07) is 20.7. The molecule has 0 saturated carbocycles. The van der Waals surface area contributed by atoms with E-state index in [1.165, 1.54) is 11.8 Å². The third-order valence-electron chi connectivity index (χ3n) is 9.52. The van der Waals surface area contributed by atoms with Crippen LogP contribution in [-0.2, 0) is 24.2 Å². The number of carboxylic acids is 1. The van der Waals surface area contributed by atoms with Crippen LogP contribution in [0.5, 0.6) is 5.75 Å². The van der Waals surface area contributed by atoms with Crippen LogP contribution in [0.1, 0.15) is 89.7 Å². The Kier molecular flexibility index (Phi) is 15.4. The Hall–Kier alpha value is -4.03. The van der Waals surface area contributed by atoms with E-state index in [1.807, 2.05) is 42.7 Å². The van der Waals surface area contributed by atoms with Crippen molar-refractivity contribution in [1.82, 2.24) is 10.6 Å². The molecule has 52 heavy (non-hydrogen) atoms. The van der Waals surface area contributed by atoms with Crippen LogP contribution in [-0.4, -0.2) is 63.0 Å². The summed E-state index contributed by atoms with van der Waals surface area (Å²) in [4.78, 5) is 40.3. The quantitative estimate of drug-likeness (QED) is 0.0782. The molecule has 12 heteroatoms. The zero-order chi connectivity index (χ0) is 37.6. The lowest BCUT2D eigenvalue weighted by atomic mass is 9.78. The molecule has 1 atom stereocenters. The molecule has 0 saturated heterocycles. The summed E-state index contributed by atoms with van der Waals surface area (Å²) in [6.45, 7) is 3.83. The summed E-state index contributed by atoms with van der Waals surface area (Å²) < 4.78 is 35.2. The second-order valence-corrected chi connectivity index (χ2v) is 16.4. The number of amides is 2. The van der Waals surface area contributed by atoms with Crippen molar-refractivity contribution in [2.75, 3.05) is 36.6 Å². The van der Waals surface area contributed by atoms with E-state index in [4.69, 9.17) is 9.84 Å². The van der Waals surface area contributed by atoms with Crippen molar-refractivity contribution in [3.8, 4) is 5.75 Å². The highest BCUT2D eigenvalue weighted by Gasteiger charge is 2.42. The van der Waals surface area contributed by atoms with Crippen molar-refractivity contribution in [3.63, 3.8) is 0 Å². The molecule has 0 aliphatic carbocycles. The summed E-state index contributed by atoms with van der Waals surface area (Å²) in [5.41, 5.74) is 1.52. The van der Waals surface area contributed by atoms with Crippen LogP contribution in [0.15, 0.2) is 82.6 Å². The smallest absolute Gasteiger partial charge is 0.322 e. The van der Waals surface area contributed by atoms with Crippen LogP contribution in [0.2, 0.25) is 0 Å². The Morgan fingerprint density at radius 3 is 2.10 bits per heavy atom. The average Bonchev–Trinajstić information content (AvgIpc) is 3.23. The second-order valence-electron chi connectivity index (χ2n) is 13.6. The molecule has 1 heterocycles. The normalized spacial score (nSPS) is 15.2. The number of benzene rings is 3. The molecule has 1 aliphatic rings. The van der Waals surface area contributed by atoms with Gasteiger partial charge in [-0.15, -0.1) is 11.8 Å². The minimum Gasteiger partial charge on any atom is -0.483 e. The number of thioether (sulfide) groups is 1. The van der Waals surface area contributed by atoms with Gasteiger partial charge in [-0.1, -0.05) is 114 Å². The van der Waals surface area contributed by atoms with Gasteiger partial charge in [0.05, 0.1) is 21.2 Å². The first-order valence-corrected chi connectivity index (χ1v) is 21.1. The van der Waals surface area contributed by atoms with E-state index >= 15 is 0 Å². The van der Waals surface area contributed by atoms with Crippen LogP contribution >= 0.6 is 11.8 Å². The van der Waals surface area contributed by atoms with Crippen LogP contribution in [0.25, 0.3) is 0 Å². The first-order valence-electron chi connectivity index (χ1n) is 18.3. The number of aliphatic carboxylic acids is 1. The van der Waals surface area contributed by atoms with Gasteiger partial charge in [-0.2, -0.15) is 0 Å². The number of carbonyl (C=O) groups excluding carboxylic acids is 2. The van der Waals surface area contributed by atoms with Gasteiger partial charge in [0, 0.05) is 23.7 Å². The van der Waals surface area contributed by atoms with Crippen molar-refractivity contribution in [1.29, 1.82) is 0 Å². The topological polar surface area (TPSA) is 142 Å². The molecule has 4 rings (SSSR count). The third kappa shape index (κ3) is 11.2. The maximum absolute atomic E-state index is 14.6. The number of unbranched alkanes of at least 4 members (excludes halogenated alkanes) is 6.